The van der Waals surface area contributed by atoms with E-state index in [0.717, 1.165) is 11.8 Å². The Labute approximate surface area is 142 Å². The van der Waals surface area contributed by atoms with E-state index in [1.807, 2.05) is 30.3 Å². The molecule has 0 saturated carbocycles. The first-order chi connectivity index (χ1) is 11.6. The average Bonchev–Trinajstić information content (AvgIpc) is 2.99. The molecular weight excluding hydrogens is 310 g/mol. The van der Waals surface area contributed by atoms with Crippen LogP contribution < -0.4 is 0 Å². The fourth-order valence-electron chi connectivity index (χ4n) is 3.17. The van der Waals surface area contributed by atoms with E-state index in [1.54, 1.807) is 19.1 Å². The van der Waals surface area contributed by atoms with Crippen LogP contribution in [0.2, 0.25) is 0 Å². The lowest BCUT2D eigenvalue weighted by molar-refractivity contribution is -0.148. The van der Waals surface area contributed by atoms with Crippen molar-refractivity contribution in [1.29, 1.82) is 0 Å². The van der Waals surface area contributed by atoms with Gasteiger partial charge in [-0.25, -0.2) is 0 Å². The van der Waals surface area contributed by atoms with Crippen LogP contribution in [0.1, 0.15) is 12.0 Å². The summed E-state index contributed by atoms with van der Waals surface area (Å²) in [4.78, 5) is 25.7. The maximum Gasteiger partial charge on any atom is 0.225 e. The minimum atomic E-state index is -0.503. The number of rotatable bonds is 8. The first kappa shape index (κ1) is 18.6. The van der Waals surface area contributed by atoms with Crippen molar-refractivity contribution in [2.75, 3.05) is 27.9 Å². The van der Waals surface area contributed by atoms with Crippen LogP contribution in [-0.4, -0.2) is 63.4 Å². The Hall–Kier alpha value is -1.76. The molecule has 6 nitrogen and oxygen atoms in total. The van der Waals surface area contributed by atoms with Crippen molar-refractivity contribution in [3.63, 3.8) is 0 Å². The predicted octanol–water partition coefficient (Wildman–Crippen LogP) is 1.28. The van der Waals surface area contributed by atoms with E-state index in [4.69, 9.17) is 14.2 Å². The summed E-state index contributed by atoms with van der Waals surface area (Å²) in [6.07, 6.45) is 0.454. The first-order valence-corrected chi connectivity index (χ1v) is 8.01. The lowest BCUT2D eigenvalue weighted by Crippen LogP contribution is -2.42. The van der Waals surface area contributed by atoms with Crippen molar-refractivity contribution in [3.8, 4) is 0 Å². The molecule has 1 aliphatic heterocycles. The Morgan fingerprint density at radius 3 is 2.46 bits per heavy atom. The minimum Gasteiger partial charge on any atom is -0.377 e. The zero-order chi connectivity index (χ0) is 17.5. The lowest BCUT2D eigenvalue weighted by atomic mass is 9.97. The molecule has 1 fully saturated rings. The van der Waals surface area contributed by atoms with E-state index in [2.05, 4.69) is 0 Å². The molecule has 4 atom stereocenters. The predicted molar refractivity (Wildman–Crippen MR) is 88.4 cm³/mol. The Bertz CT molecular complexity index is 535. The number of hydrogen-bond acceptors (Lipinski definition) is 5. The molecule has 1 amide bonds. The number of ether oxygens (including phenoxy) is 3. The Morgan fingerprint density at radius 2 is 1.92 bits per heavy atom. The fourth-order valence-corrected chi connectivity index (χ4v) is 3.17. The number of carbonyl (C=O) groups is 2. The van der Waals surface area contributed by atoms with Crippen molar-refractivity contribution in [3.05, 3.63) is 35.9 Å². The van der Waals surface area contributed by atoms with Gasteiger partial charge in [0.25, 0.3) is 0 Å². The molecule has 0 N–H and O–H groups in total. The van der Waals surface area contributed by atoms with Gasteiger partial charge in [0.15, 0.2) is 6.23 Å². The number of methoxy groups -OCH3 is 3. The molecule has 132 valence electrons. The van der Waals surface area contributed by atoms with Gasteiger partial charge < -0.3 is 23.9 Å². The normalized spacial score (nSPS) is 24.8. The standard InChI is InChI=1S/C18H25NO5/c1-22-15-11-19(18(24-3)17(15)23-2)16(21)10-14(12-20)9-13-7-5-4-6-8-13/h4-8,12,14-15,17-18H,9-11H2,1-3H3/t14-,15?,17-,18-/m1/s1. The van der Waals surface area contributed by atoms with Crippen LogP contribution in [0, 0.1) is 5.92 Å². The molecule has 1 heterocycles. The molecule has 1 aromatic rings. The summed E-state index contributed by atoms with van der Waals surface area (Å²) in [6, 6.07) is 9.68. The van der Waals surface area contributed by atoms with E-state index in [9.17, 15) is 9.59 Å². The summed E-state index contributed by atoms with van der Waals surface area (Å²) < 4.78 is 16.2. The summed E-state index contributed by atoms with van der Waals surface area (Å²) in [5.74, 6) is -0.489. The number of benzene rings is 1. The summed E-state index contributed by atoms with van der Waals surface area (Å²) in [5.41, 5.74) is 1.04. The molecule has 6 heteroatoms. The van der Waals surface area contributed by atoms with Crippen LogP contribution >= 0.6 is 0 Å². The highest BCUT2D eigenvalue weighted by molar-refractivity contribution is 5.80. The molecule has 0 spiro atoms. The highest BCUT2D eigenvalue weighted by atomic mass is 16.6. The largest absolute Gasteiger partial charge is 0.377 e. The summed E-state index contributed by atoms with van der Waals surface area (Å²) >= 11 is 0. The molecule has 2 rings (SSSR count). The van der Waals surface area contributed by atoms with Crippen molar-refractivity contribution in [2.45, 2.75) is 31.3 Å². The van der Waals surface area contributed by atoms with E-state index in [-0.39, 0.29) is 30.5 Å². The number of carbonyl (C=O) groups excluding carboxylic acids is 2. The molecule has 1 saturated heterocycles. The van der Waals surface area contributed by atoms with Crippen LogP contribution in [-0.2, 0) is 30.2 Å². The van der Waals surface area contributed by atoms with Gasteiger partial charge in [-0.15, -0.1) is 0 Å². The molecule has 0 aromatic heterocycles. The highest BCUT2D eigenvalue weighted by Crippen LogP contribution is 2.25. The molecule has 1 aromatic carbocycles. The van der Waals surface area contributed by atoms with E-state index >= 15 is 0 Å². The van der Waals surface area contributed by atoms with Crippen LogP contribution in [0.5, 0.6) is 0 Å². The first-order valence-electron chi connectivity index (χ1n) is 8.01. The molecular formula is C18H25NO5. The van der Waals surface area contributed by atoms with E-state index < -0.39 is 6.23 Å². The van der Waals surface area contributed by atoms with Gasteiger partial charge in [-0.1, -0.05) is 30.3 Å². The Balaban J connectivity index is 2.02. The zero-order valence-corrected chi connectivity index (χ0v) is 14.4. The second-order valence-corrected chi connectivity index (χ2v) is 5.94. The van der Waals surface area contributed by atoms with Crippen molar-refractivity contribution in [1.82, 2.24) is 4.90 Å². The molecule has 0 radical (unpaired) electrons. The van der Waals surface area contributed by atoms with Gasteiger partial charge in [-0.2, -0.15) is 0 Å². The Kier molecular flexibility index (Phi) is 6.90. The zero-order valence-electron chi connectivity index (χ0n) is 14.4. The maximum atomic E-state index is 12.7. The van der Waals surface area contributed by atoms with Gasteiger partial charge in [0.1, 0.15) is 18.5 Å². The van der Waals surface area contributed by atoms with Crippen LogP contribution in [0.15, 0.2) is 30.3 Å². The topological polar surface area (TPSA) is 65.1 Å². The molecule has 1 unspecified atom stereocenters. The van der Waals surface area contributed by atoms with Crippen LogP contribution in [0.3, 0.4) is 0 Å². The van der Waals surface area contributed by atoms with Gasteiger partial charge in [0, 0.05) is 33.7 Å². The molecule has 0 bridgehead atoms. The second-order valence-electron chi connectivity index (χ2n) is 5.94. The number of likely N-dealkylation sites (tertiary alicyclic amines) is 1. The second kappa shape index (κ2) is 8.92. The molecule has 1 aliphatic rings. The van der Waals surface area contributed by atoms with Gasteiger partial charge in [0.2, 0.25) is 5.91 Å². The number of nitrogens with zero attached hydrogens (tertiary/aromatic N) is 1. The van der Waals surface area contributed by atoms with E-state index in [1.165, 1.54) is 7.11 Å². The lowest BCUT2D eigenvalue weighted by Gasteiger charge is -2.26. The van der Waals surface area contributed by atoms with Crippen molar-refractivity contribution >= 4 is 12.2 Å². The Morgan fingerprint density at radius 1 is 1.21 bits per heavy atom. The summed E-state index contributed by atoms with van der Waals surface area (Å²) in [7, 11) is 4.69. The fraction of sp³-hybridized carbons (Fsp3) is 0.556. The quantitative estimate of drug-likeness (QED) is 0.670. The molecule has 24 heavy (non-hydrogen) atoms. The SMILES string of the molecule is COC1CN(C(=O)C[C@H](C=O)Cc2ccccc2)[C@H](OC)[C@@H]1OC. The van der Waals surface area contributed by atoms with Gasteiger partial charge >= 0.3 is 0 Å². The monoisotopic (exact) mass is 335 g/mol. The van der Waals surface area contributed by atoms with E-state index in [0.29, 0.717) is 13.0 Å². The van der Waals surface area contributed by atoms with Gasteiger partial charge in [-0.3, -0.25) is 4.79 Å². The summed E-state index contributed by atoms with van der Waals surface area (Å²) in [6.45, 7) is 0.392. The third-order valence-corrected chi connectivity index (χ3v) is 4.44. The minimum absolute atomic E-state index is 0.128. The van der Waals surface area contributed by atoms with Crippen LogP contribution in [0.4, 0.5) is 0 Å². The van der Waals surface area contributed by atoms with Crippen molar-refractivity contribution in [2.24, 2.45) is 5.92 Å². The molecule has 0 aliphatic carbocycles. The average molecular weight is 335 g/mol. The number of amides is 1. The third-order valence-electron chi connectivity index (χ3n) is 4.44. The summed E-state index contributed by atoms with van der Waals surface area (Å²) in [5, 5.41) is 0. The van der Waals surface area contributed by atoms with Crippen LogP contribution in [0.25, 0.3) is 0 Å². The highest BCUT2D eigenvalue weighted by Gasteiger charge is 2.45. The van der Waals surface area contributed by atoms with Gasteiger partial charge in [-0.05, 0) is 12.0 Å². The third kappa shape index (κ3) is 4.20. The smallest absolute Gasteiger partial charge is 0.225 e. The number of aldehydes is 1. The maximum absolute atomic E-state index is 12.7. The number of hydrogen-bond donors (Lipinski definition) is 0. The van der Waals surface area contributed by atoms with Gasteiger partial charge in [0.05, 0.1) is 6.54 Å². The van der Waals surface area contributed by atoms with Crippen molar-refractivity contribution < 1.29 is 23.8 Å².